The van der Waals surface area contributed by atoms with Gasteiger partial charge in [-0.3, -0.25) is 4.79 Å². The highest BCUT2D eigenvalue weighted by molar-refractivity contribution is 5.69. The Morgan fingerprint density at radius 3 is 1.43 bits per heavy atom. The van der Waals surface area contributed by atoms with Crippen LogP contribution in [0.3, 0.4) is 0 Å². The summed E-state index contributed by atoms with van der Waals surface area (Å²) in [7, 11) is 0. The lowest BCUT2D eigenvalue weighted by molar-refractivity contribution is -0.305. The number of carbonyl (C=O) groups is 1. The van der Waals surface area contributed by atoms with Gasteiger partial charge < -0.3 is 39.4 Å². The van der Waals surface area contributed by atoms with Crippen LogP contribution in [0.4, 0.5) is 0 Å². The summed E-state index contributed by atoms with van der Waals surface area (Å²) < 4.78 is 22.9. The van der Waals surface area contributed by atoms with Gasteiger partial charge in [0.25, 0.3) is 0 Å². The molecule has 1 aliphatic heterocycles. The summed E-state index contributed by atoms with van der Waals surface area (Å²) in [6.45, 7) is 4.40. The van der Waals surface area contributed by atoms with Gasteiger partial charge in [-0.2, -0.15) is 0 Å². The zero-order valence-electron chi connectivity index (χ0n) is 41.2. The van der Waals surface area contributed by atoms with Crippen LogP contribution < -0.4 is 0 Å². The lowest BCUT2D eigenvalue weighted by Crippen LogP contribution is -2.59. The molecule has 1 heterocycles. The zero-order valence-corrected chi connectivity index (χ0v) is 41.2. The largest absolute Gasteiger partial charge is 0.457 e. The van der Waals surface area contributed by atoms with Gasteiger partial charge in [-0.25, -0.2) is 0 Å². The summed E-state index contributed by atoms with van der Waals surface area (Å²) >= 11 is 0. The topological polar surface area (TPSA) is 135 Å². The molecule has 1 aliphatic rings. The summed E-state index contributed by atoms with van der Waals surface area (Å²) in [5, 5.41) is 40.3. The number of allylic oxidation sites excluding steroid dienone is 14. The molecule has 0 spiro atoms. The Bertz CT molecular complexity index is 1270. The van der Waals surface area contributed by atoms with E-state index in [1.165, 1.54) is 83.5 Å². The fraction of sp³-hybridized carbons (Fsp3) is 0.732. The number of unbranched alkanes of at least 4 members (excludes halogenated alkanes) is 19. The van der Waals surface area contributed by atoms with Crippen molar-refractivity contribution >= 4 is 5.97 Å². The Morgan fingerprint density at radius 2 is 0.938 bits per heavy atom. The Labute approximate surface area is 397 Å². The molecule has 1 saturated heterocycles. The van der Waals surface area contributed by atoms with Crippen molar-refractivity contribution in [2.24, 2.45) is 0 Å². The minimum Gasteiger partial charge on any atom is -0.457 e. The fourth-order valence-electron chi connectivity index (χ4n) is 7.49. The average molecular weight is 913 g/mol. The second-order valence-electron chi connectivity index (χ2n) is 17.6. The van der Waals surface area contributed by atoms with E-state index in [2.05, 4.69) is 98.9 Å². The Morgan fingerprint density at radius 1 is 0.508 bits per heavy atom. The van der Waals surface area contributed by atoms with Crippen LogP contribution in [-0.2, 0) is 23.7 Å². The van der Waals surface area contributed by atoms with Gasteiger partial charge in [0, 0.05) is 13.0 Å². The van der Waals surface area contributed by atoms with E-state index >= 15 is 0 Å². The summed E-state index contributed by atoms with van der Waals surface area (Å²) in [5.74, 6) is -0.329. The van der Waals surface area contributed by atoms with Crippen molar-refractivity contribution in [1.82, 2.24) is 0 Å². The number of ether oxygens (including phenoxy) is 4. The van der Waals surface area contributed by atoms with Crippen molar-refractivity contribution < 1.29 is 44.2 Å². The third-order valence-corrected chi connectivity index (χ3v) is 11.5. The first-order valence-corrected chi connectivity index (χ1v) is 26.2. The molecule has 65 heavy (non-hydrogen) atoms. The van der Waals surface area contributed by atoms with Crippen LogP contribution in [0.5, 0.6) is 0 Å². The number of hydrogen-bond donors (Lipinski definition) is 4. The number of aliphatic hydroxyl groups is 4. The van der Waals surface area contributed by atoms with E-state index in [0.29, 0.717) is 13.0 Å². The summed E-state index contributed by atoms with van der Waals surface area (Å²) in [6.07, 6.45) is 56.1. The molecule has 0 bridgehead atoms. The van der Waals surface area contributed by atoms with Crippen molar-refractivity contribution in [3.63, 3.8) is 0 Å². The maximum absolute atomic E-state index is 12.8. The fourth-order valence-corrected chi connectivity index (χ4v) is 7.49. The molecule has 374 valence electrons. The van der Waals surface area contributed by atoms with Crippen LogP contribution >= 0.6 is 0 Å². The van der Waals surface area contributed by atoms with Crippen LogP contribution in [0.2, 0.25) is 0 Å². The Balaban J connectivity index is 2.21. The lowest BCUT2D eigenvalue weighted by atomic mass is 9.99. The first-order chi connectivity index (χ1) is 31.9. The molecule has 0 saturated carbocycles. The Kier molecular flexibility index (Phi) is 43.2. The maximum atomic E-state index is 12.8. The quantitative estimate of drug-likeness (QED) is 0.0268. The molecule has 0 amide bonds. The number of hydrogen-bond acceptors (Lipinski definition) is 9. The van der Waals surface area contributed by atoms with E-state index in [9.17, 15) is 25.2 Å². The molecule has 1 fully saturated rings. The SMILES string of the molecule is CC/C=C\C/C=C\C/C=C\C/C=C\C/C=C\C/C=C\CCCCCCCCCOCC(COC1OC(CO)C(O)C(O)C1O)OC(=O)CCCCCCC/C=C\CCCCCCCCC. The monoisotopic (exact) mass is 913 g/mol. The van der Waals surface area contributed by atoms with Crippen LogP contribution in [0.15, 0.2) is 85.1 Å². The standard InChI is InChI=1S/C56H96O9/c1-3-5-7-9-11-13-15-17-19-21-22-23-24-25-26-27-28-29-30-32-34-36-38-40-42-44-46-62-48-50(49-63-56-55(61)54(60)53(59)51(47-57)65-56)64-52(58)45-43-41-39-37-35-33-31-20-18-16-14-12-10-8-6-4-2/h5,7,11,13,17,19-20,22-23,25-26,28-29,31,50-51,53-57,59-61H,3-4,6,8-10,12,14-16,18,21,24,27,30,32-49H2,1-2H3/b7-5-,13-11-,19-17-,23-22-,26-25-,29-28-,31-20-. The molecule has 0 aromatic rings. The van der Waals surface area contributed by atoms with Crippen LogP contribution in [0.25, 0.3) is 0 Å². The predicted octanol–water partition coefficient (Wildman–Crippen LogP) is 13.0. The molecule has 0 aromatic heterocycles. The van der Waals surface area contributed by atoms with E-state index in [0.717, 1.165) is 96.3 Å². The van der Waals surface area contributed by atoms with Gasteiger partial charge in [0.15, 0.2) is 6.29 Å². The smallest absolute Gasteiger partial charge is 0.306 e. The minimum atomic E-state index is -1.54. The van der Waals surface area contributed by atoms with Crippen molar-refractivity contribution in [2.75, 3.05) is 26.4 Å². The van der Waals surface area contributed by atoms with Gasteiger partial charge in [0.2, 0.25) is 0 Å². The molecule has 4 N–H and O–H groups in total. The highest BCUT2D eigenvalue weighted by atomic mass is 16.7. The lowest BCUT2D eigenvalue weighted by Gasteiger charge is -2.39. The Hall–Kier alpha value is -2.63. The van der Waals surface area contributed by atoms with Gasteiger partial charge in [-0.1, -0.05) is 189 Å². The van der Waals surface area contributed by atoms with Gasteiger partial charge >= 0.3 is 5.97 Å². The summed E-state index contributed by atoms with van der Waals surface area (Å²) in [6, 6.07) is 0. The van der Waals surface area contributed by atoms with E-state index in [1.54, 1.807) is 0 Å². The molecule has 1 rings (SSSR count). The highest BCUT2D eigenvalue weighted by Crippen LogP contribution is 2.22. The van der Waals surface area contributed by atoms with E-state index in [4.69, 9.17) is 18.9 Å². The predicted molar refractivity (Wildman–Crippen MR) is 270 cm³/mol. The first-order valence-electron chi connectivity index (χ1n) is 26.2. The van der Waals surface area contributed by atoms with Gasteiger partial charge in [-0.15, -0.1) is 0 Å². The molecule has 0 radical (unpaired) electrons. The number of aliphatic hydroxyl groups excluding tert-OH is 4. The van der Waals surface area contributed by atoms with E-state index < -0.39 is 43.4 Å². The third kappa shape index (κ3) is 37.1. The number of carbonyl (C=O) groups excluding carboxylic acids is 1. The van der Waals surface area contributed by atoms with E-state index in [1.807, 2.05) is 0 Å². The first kappa shape index (κ1) is 60.4. The van der Waals surface area contributed by atoms with Crippen molar-refractivity contribution in [3.05, 3.63) is 85.1 Å². The summed E-state index contributed by atoms with van der Waals surface area (Å²) in [5.41, 5.74) is 0. The third-order valence-electron chi connectivity index (χ3n) is 11.5. The van der Waals surface area contributed by atoms with E-state index in [-0.39, 0.29) is 19.2 Å². The summed E-state index contributed by atoms with van der Waals surface area (Å²) in [4.78, 5) is 12.8. The average Bonchev–Trinajstić information content (AvgIpc) is 3.31. The highest BCUT2D eigenvalue weighted by Gasteiger charge is 2.44. The maximum Gasteiger partial charge on any atom is 0.306 e. The van der Waals surface area contributed by atoms with Gasteiger partial charge in [0.05, 0.1) is 19.8 Å². The molecule has 6 unspecified atom stereocenters. The molecule has 9 heteroatoms. The van der Waals surface area contributed by atoms with Crippen molar-refractivity contribution in [3.8, 4) is 0 Å². The van der Waals surface area contributed by atoms with Crippen molar-refractivity contribution in [1.29, 1.82) is 0 Å². The second-order valence-corrected chi connectivity index (χ2v) is 17.6. The second kappa shape index (κ2) is 46.5. The van der Waals surface area contributed by atoms with Crippen LogP contribution in [0, 0.1) is 0 Å². The van der Waals surface area contributed by atoms with Gasteiger partial charge in [0.1, 0.15) is 30.5 Å². The molecule has 6 atom stereocenters. The zero-order chi connectivity index (χ0) is 47.1. The number of esters is 1. The molecule has 9 nitrogen and oxygen atoms in total. The van der Waals surface area contributed by atoms with Gasteiger partial charge in [-0.05, 0) is 89.9 Å². The van der Waals surface area contributed by atoms with Crippen LogP contribution in [-0.4, -0.2) is 89.6 Å². The molecular weight excluding hydrogens is 817 g/mol. The van der Waals surface area contributed by atoms with Crippen molar-refractivity contribution in [2.45, 2.75) is 237 Å². The molecule has 0 aliphatic carbocycles. The molecule has 0 aromatic carbocycles. The molecular formula is C56H96O9. The number of rotatable bonds is 44. The minimum absolute atomic E-state index is 0.126. The van der Waals surface area contributed by atoms with Crippen LogP contribution in [0.1, 0.15) is 200 Å². The normalized spacial score (nSPS) is 20.1.